The molecule has 6 heteroatoms. The van der Waals surface area contributed by atoms with Crippen LogP contribution in [0.15, 0.2) is 0 Å². The van der Waals surface area contributed by atoms with E-state index in [4.69, 9.17) is 0 Å². The number of nitrogens with zero attached hydrogens (tertiary/aromatic N) is 1. The lowest BCUT2D eigenvalue weighted by atomic mass is 10.1. The van der Waals surface area contributed by atoms with Crippen LogP contribution < -0.4 is 5.32 Å². The Labute approximate surface area is 98.3 Å². The minimum Gasteiger partial charge on any atom is -0.325 e. The molecule has 0 aromatic rings. The molecule has 1 spiro atoms. The van der Waals surface area contributed by atoms with E-state index in [0.29, 0.717) is 0 Å². The van der Waals surface area contributed by atoms with Gasteiger partial charge in [-0.05, 0) is 18.8 Å². The molecule has 0 radical (unpaired) electrons. The second kappa shape index (κ2) is 3.86. The lowest BCUT2D eigenvalue weighted by molar-refractivity contribution is -0.145. The summed E-state index contributed by atoms with van der Waals surface area (Å²) in [4.78, 5) is 13.4. The molecule has 1 saturated heterocycles. The quantitative estimate of drug-likeness (QED) is 0.829. The second-order valence-electron chi connectivity index (χ2n) is 5.28. The van der Waals surface area contributed by atoms with Crippen molar-refractivity contribution in [3.05, 3.63) is 0 Å². The lowest BCUT2D eigenvalue weighted by Crippen LogP contribution is -2.42. The number of amides is 1. The van der Waals surface area contributed by atoms with Crippen LogP contribution in [0.3, 0.4) is 0 Å². The molecule has 1 aliphatic heterocycles. The van der Waals surface area contributed by atoms with E-state index in [1.54, 1.807) is 0 Å². The molecule has 1 heterocycles. The van der Waals surface area contributed by atoms with E-state index in [1.165, 1.54) is 4.90 Å². The zero-order valence-corrected chi connectivity index (χ0v) is 9.97. The molecular formula is C11H17F3N2O. The van der Waals surface area contributed by atoms with Gasteiger partial charge < -0.3 is 4.90 Å². The van der Waals surface area contributed by atoms with E-state index < -0.39 is 18.1 Å². The van der Waals surface area contributed by atoms with Crippen LogP contribution in [0, 0.1) is 5.92 Å². The van der Waals surface area contributed by atoms with E-state index in [0.717, 1.165) is 12.8 Å². The molecular weight excluding hydrogens is 233 g/mol. The van der Waals surface area contributed by atoms with E-state index >= 15 is 0 Å². The number of nitrogens with one attached hydrogen (secondary N) is 1. The van der Waals surface area contributed by atoms with Gasteiger partial charge in [0.05, 0.1) is 18.1 Å². The van der Waals surface area contributed by atoms with E-state index in [2.05, 4.69) is 5.32 Å². The summed E-state index contributed by atoms with van der Waals surface area (Å²) in [5.41, 5.74) is -0.527. The number of hydrogen-bond donors (Lipinski definition) is 1. The minimum atomic E-state index is -4.21. The smallest absolute Gasteiger partial charge is 0.325 e. The van der Waals surface area contributed by atoms with E-state index in [1.807, 2.05) is 13.8 Å². The summed E-state index contributed by atoms with van der Waals surface area (Å²) >= 11 is 0. The van der Waals surface area contributed by atoms with Crippen molar-refractivity contribution in [3.63, 3.8) is 0 Å². The van der Waals surface area contributed by atoms with Gasteiger partial charge in [-0.25, -0.2) is 0 Å². The highest BCUT2D eigenvalue weighted by atomic mass is 19.4. The van der Waals surface area contributed by atoms with Crippen LogP contribution in [-0.4, -0.2) is 35.2 Å². The molecule has 2 rings (SSSR count). The first-order chi connectivity index (χ1) is 7.75. The molecule has 1 saturated carbocycles. The first kappa shape index (κ1) is 12.7. The van der Waals surface area contributed by atoms with Crippen LogP contribution in [-0.2, 0) is 4.79 Å². The van der Waals surface area contributed by atoms with E-state index in [9.17, 15) is 18.0 Å². The van der Waals surface area contributed by atoms with Gasteiger partial charge in [0, 0.05) is 6.54 Å². The maximum absolute atomic E-state index is 12.2. The highest BCUT2D eigenvalue weighted by molar-refractivity contribution is 5.91. The fourth-order valence-corrected chi connectivity index (χ4v) is 2.32. The van der Waals surface area contributed by atoms with Crippen molar-refractivity contribution in [1.82, 2.24) is 10.2 Å². The van der Waals surface area contributed by atoms with Gasteiger partial charge >= 0.3 is 6.18 Å². The van der Waals surface area contributed by atoms with Crippen molar-refractivity contribution in [2.75, 3.05) is 6.54 Å². The number of alkyl halides is 3. The zero-order valence-electron chi connectivity index (χ0n) is 9.97. The standard InChI is InChI=1S/C11H17F3N2O/c1-7(2)8-15-10(3-4-10)9(17)16(8)6-5-11(12,13)14/h7-8,15H,3-6H2,1-2H3. The Balaban J connectivity index is 2.04. The molecule has 1 N–H and O–H groups in total. The largest absolute Gasteiger partial charge is 0.390 e. The minimum absolute atomic E-state index is 0.118. The Bertz CT molecular complexity index is 323. The van der Waals surface area contributed by atoms with Crippen molar-refractivity contribution < 1.29 is 18.0 Å². The predicted octanol–water partition coefficient (Wildman–Crippen LogP) is 1.89. The Morgan fingerprint density at radius 3 is 2.47 bits per heavy atom. The van der Waals surface area contributed by atoms with Crippen molar-refractivity contribution in [1.29, 1.82) is 0 Å². The zero-order chi connectivity index (χ0) is 12.8. The third kappa shape index (κ3) is 2.41. The van der Waals surface area contributed by atoms with Gasteiger partial charge in [0.1, 0.15) is 0 Å². The molecule has 17 heavy (non-hydrogen) atoms. The van der Waals surface area contributed by atoms with Gasteiger partial charge in [-0.2, -0.15) is 13.2 Å². The van der Waals surface area contributed by atoms with Gasteiger partial charge in [0.2, 0.25) is 5.91 Å². The Morgan fingerprint density at radius 1 is 1.47 bits per heavy atom. The molecule has 2 aliphatic rings. The SMILES string of the molecule is CC(C)C1NC2(CC2)C(=O)N1CCC(F)(F)F. The third-order valence-electron chi connectivity index (χ3n) is 3.45. The summed E-state index contributed by atoms with van der Waals surface area (Å²) in [6.07, 6.45) is -3.90. The highest BCUT2D eigenvalue weighted by Gasteiger charge is 2.59. The van der Waals surface area contributed by atoms with Crippen LogP contribution >= 0.6 is 0 Å². The summed E-state index contributed by atoms with van der Waals surface area (Å²) < 4.78 is 36.6. The summed E-state index contributed by atoms with van der Waals surface area (Å²) in [6.45, 7) is 3.58. The van der Waals surface area contributed by atoms with Gasteiger partial charge in [-0.1, -0.05) is 13.8 Å². The van der Waals surface area contributed by atoms with Gasteiger partial charge in [-0.15, -0.1) is 0 Å². The molecule has 98 valence electrons. The number of carbonyl (C=O) groups excluding carboxylic acids is 1. The maximum atomic E-state index is 12.2. The monoisotopic (exact) mass is 250 g/mol. The third-order valence-corrected chi connectivity index (χ3v) is 3.45. The molecule has 1 unspecified atom stereocenters. The number of halogens is 3. The average Bonchev–Trinajstić information content (AvgIpc) is 2.88. The molecule has 3 nitrogen and oxygen atoms in total. The van der Waals surface area contributed by atoms with E-state index in [-0.39, 0.29) is 24.5 Å². The van der Waals surface area contributed by atoms with Crippen LogP contribution in [0.1, 0.15) is 33.1 Å². The van der Waals surface area contributed by atoms with Gasteiger partial charge in [-0.3, -0.25) is 10.1 Å². The molecule has 0 aromatic carbocycles. The van der Waals surface area contributed by atoms with Crippen molar-refractivity contribution in [2.45, 2.75) is 51.0 Å². The lowest BCUT2D eigenvalue weighted by Gasteiger charge is -2.27. The maximum Gasteiger partial charge on any atom is 0.390 e. The first-order valence-electron chi connectivity index (χ1n) is 5.91. The summed E-state index contributed by atoms with van der Waals surface area (Å²) in [6, 6.07) is 0. The topological polar surface area (TPSA) is 32.3 Å². The number of carbonyl (C=O) groups is 1. The van der Waals surface area contributed by atoms with Crippen LogP contribution in [0.4, 0.5) is 13.2 Å². The predicted molar refractivity (Wildman–Crippen MR) is 56.1 cm³/mol. The number of hydrogen-bond acceptors (Lipinski definition) is 2. The Morgan fingerprint density at radius 2 is 2.06 bits per heavy atom. The fraction of sp³-hybridized carbons (Fsp3) is 0.909. The average molecular weight is 250 g/mol. The second-order valence-corrected chi connectivity index (χ2v) is 5.28. The van der Waals surface area contributed by atoms with Crippen LogP contribution in [0.2, 0.25) is 0 Å². The molecule has 1 atom stereocenters. The van der Waals surface area contributed by atoms with Crippen molar-refractivity contribution in [3.8, 4) is 0 Å². The summed E-state index contributed by atoms with van der Waals surface area (Å²) in [7, 11) is 0. The Hall–Kier alpha value is -0.780. The molecule has 0 bridgehead atoms. The fourth-order valence-electron chi connectivity index (χ4n) is 2.32. The Kier molecular flexibility index (Phi) is 2.88. The molecule has 1 amide bonds. The van der Waals surface area contributed by atoms with Gasteiger partial charge in [0.25, 0.3) is 0 Å². The molecule has 1 aliphatic carbocycles. The van der Waals surface area contributed by atoms with Gasteiger partial charge in [0.15, 0.2) is 0 Å². The normalized spacial score (nSPS) is 27.3. The molecule has 2 fully saturated rings. The van der Waals surface area contributed by atoms with Crippen LogP contribution in [0.5, 0.6) is 0 Å². The van der Waals surface area contributed by atoms with Crippen molar-refractivity contribution >= 4 is 5.91 Å². The first-order valence-corrected chi connectivity index (χ1v) is 5.91. The van der Waals surface area contributed by atoms with Crippen LogP contribution in [0.25, 0.3) is 0 Å². The summed E-state index contributed by atoms with van der Waals surface area (Å²) in [5.74, 6) is -0.0346. The molecule has 0 aromatic heterocycles. The van der Waals surface area contributed by atoms with Crippen molar-refractivity contribution in [2.24, 2.45) is 5.92 Å². The number of rotatable bonds is 3. The highest BCUT2D eigenvalue weighted by Crippen LogP contribution is 2.43. The summed E-state index contributed by atoms with van der Waals surface area (Å²) in [5, 5.41) is 3.19.